The third-order valence-electron chi connectivity index (χ3n) is 16.5. The molecule has 0 aliphatic carbocycles. The number of benzene rings is 5. The highest BCUT2D eigenvalue weighted by molar-refractivity contribution is 9.10. The first kappa shape index (κ1) is 78.0. The molecule has 3 fully saturated rings. The number of carboxylic acid groups (broad SMARTS) is 1. The molecule has 0 unspecified atom stereocenters. The van der Waals surface area contributed by atoms with Crippen LogP contribution in [0.15, 0.2) is 114 Å². The van der Waals surface area contributed by atoms with Gasteiger partial charge in [0.2, 0.25) is 0 Å². The highest BCUT2D eigenvalue weighted by Gasteiger charge is 2.30. The van der Waals surface area contributed by atoms with Crippen molar-refractivity contribution in [1.82, 2.24) is 54.2 Å². The van der Waals surface area contributed by atoms with Gasteiger partial charge in [-0.05, 0) is 109 Å². The summed E-state index contributed by atoms with van der Waals surface area (Å²) in [6.45, 7) is 23.0. The second-order valence-electron chi connectivity index (χ2n) is 24.3. The van der Waals surface area contributed by atoms with E-state index in [1.165, 1.54) is 83.6 Å². The molecule has 0 amide bonds. The maximum absolute atomic E-state index is 15.5. The molecule has 7 N–H and O–H groups in total. The van der Waals surface area contributed by atoms with Crippen LogP contribution in [-0.2, 0) is 32.2 Å². The summed E-state index contributed by atoms with van der Waals surface area (Å²) in [5.74, 6) is -1.62. The summed E-state index contributed by atoms with van der Waals surface area (Å²) in [6, 6.07) is 21.3. The standard InChI is InChI=1S/C27H24F2N6O3S.C26H23F2N5O3S.C15H14BrFN4O.C4H9NO2.CH4/c1-15-31-12-21(39-15)13-37-19-8-16(28)9-20(10-19)38-18-2-3-22(23(29)11-18)25-24-26(30)32-14-33-27(24)35(34-25)17-4-6-36-7-5-17;1-15-31-13-21(37-15)14-35-19-9-16(27)10-20(11-19)36-18-3-4-22(23(28)12-18)24-25(30-2)26(29)33(32-24)17-5-7-34-8-6-17;1-19-14-13(11-3-2-9(16)8-12(11)17)20-21(15(14)18)10-4-6-22-7-5-10;1-5(2)3-4(6)7;/h2-3,8-12,14,17H,4-7,13H2,1H3,(H2,30,32,33);3-4,9-13,17H,5-8,14,29H2,1H3;2-3,8,10H,4-7,18H2;3H2,1-2H3,(H,6,7);1H4. The molecule has 33 heteroatoms. The smallest absolute Gasteiger partial charge is 0.317 e. The summed E-state index contributed by atoms with van der Waals surface area (Å²) in [4.78, 5) is 37.0. The number of hydrogen-bond acceptors (Lipinski definition) is 21. The molecule has 3 aliphatic rings. The number of ether oxygens (including phenoxy) is 7. The maximum Gasteiger partial charge on any atom is 0.317 e. The minimum Gasteiger partial charge on any atom is -0.488 e. The van der Waals surface area contributed by atoms with Crippen molar-refractivity contribution in [1.29, 1.82) is 0 Å². The topological polar surface area (TPSA) is 297 Å². The van der Waals surface area contributed by atoms with Crippen molar-refractivity contribution >= 4 is 84.4 Å². The van der Waals surface area contributed by atoms with Crippen molar-refractivity contribution in [3.8, 4) is 68.3 Å². The molecule has 14 rings (SSSR count). The van der Waals surface area contributed by atoms with Crippen molar-refractivity contribution in [3.63, 3.8) is 0 Å². The summed E-state index contributed by atoms with van der Waals surface area (Å²) in [5.41, 5.74) is 20.8. The molecule has 0 saturated carbocycles. The average Bonchev–Trinajstić information content (AvgIpc) is 1.61. The Balaban J connectivity index is 0.000000167. The van der Waals surface area contributed by atoms with Gasteiger partial charge in [-0.3, -0.25) is 19.1 Å². The van der Waals surface area contributed by atoms with E-state index in [9.17, 15) is 18.0 Å². The van der Waals surface area contributed by atoms with Crippen LogP contribution in [0.1, 0.15) is 83.8 Å². The lowest BCUT2D eigenvalue weighted by Crippen LogP contribution is -2.21. The van der Waals surface area contributed by atoms with Gasteiger partial charge >= 0.3 is 5.97 Å². The Morgan fingerprint density at radius 3 is 1.37 bits per heavy atom. The summed E-state index contributed by atoms with van der Waals surface area (Å²) < 4.78 is 118. The lowest BCUT2D eigenvalue weighted by atomic mass is 10.1. The average molecular weight is 1560 g/mol. The van der Waals surface area contributed by atoms with Gasteiger partial charge in [0.05, 0.1) is 63.0 Å². The maximum atomic E-state index is 15.5. The molecule has 11 aromatic rings. The van der Waals surface area contributed by atoms with Gasteiger partial charge in [-0.15, -0.1) is 22.7 Å². The molecule has 5 aromatic carbocycles. The lowest BCUT2D eigenvalue weighted by Gasteiger charge is -2.23. The number of fused-ring (bicyclic) bond motifs is 1. The Morgan fingerprint density at radius 2 is 0.981 bits per heavy atom. The molecular formula is C73H74BrF5N16O9S2. The molecule has 0 spiro atoms. The fourth-order valence-electron chi connectivity index (χ4n) is 11.6. The molecular weight excluding hydrogens is 1480 g/mol. The number of aryl methyl sites for hydroxylation is 2. The van der Waals surface area contributed by atoms with Crippen molar-refractivity contribution in [3.05, 3.63) is 186 Å². The van der Waals surface area contributed by atoms with Crippen LogP contribution >= 0.6 is 38.6 Å². The number of nitrogen functional groups attached to an aromatic ring is 3. The number of nitrogens with zero attached hydrogens (tertiary/aromatic N) is 13. The Labute approximate surface area is 623 Å². The fourth-order valence-corrected chi connectivity index (χ4v) is 13.3. The molecule has 106 heavy (non-hydrogen) atoms. The number of thiazole rings is 2. The first-order valence-corrected chi connectivity index (χ1v) is 35.2. The van der Waals surface area contributed by atoms with E-state index in [0.717, 1.165) is 51.5 Å². The summed E-state index contributed by atoms with van der Waals surface area (Å²) in [6.07, 6.45) is 9.32. The van der Waals surface area contributed by atoms with Gasteiger partial charge in [-0.25, -0.2) is 56.3 Å². The fraction of sp³-hybridized carbons (Fsp3) is 0.315. The van der Waals surface area contributed by atoms with E-state index in [-0.39, 0.29) is 125 Å². The minimum absolute atomic E-state index is 0. The normalized spacial score (nSPS) is 13.9. The Morgan fingerprint density at radius 1 is 0.575 bits per heavy atom. The van der Waals surface area contributed by atoms with Crippen LogP contribution in [-0.4, -0.2) is 126 Å². The van der Waals surface area contributed by atoms with E-state index in [0.29, 0.717) is 85.2 Å². The number of aliphatic carboxylic acids is 1. The van der Waals surface area contributed by atoms with Crippen LogP contribution in [0.2, 0.25) is 0 Å². The number of likely N-dealkylation sites (N-methyl/N-ethyl adjacent to an activating group) is 1. The molecule has 3 aliphatic heterocycles. The highest BCUT2D eigenvalue weighted by Crippen LogP contribution is 2.43. The van der Waals surface area contributed by atoms with Gasteiger partial charge in [0.1, 0.15) is 118 Å². The second-order valence-corrected chi connectivity index (χ2v) is 27.9. The molecule has 3 saturated heterocycles. The van der Waals surface area contributed by atoms with Crippen LogP contribution in [0.5, 0.6) is 34.5 Å². The van der Waals surface area contributed by atoms with Gasteiger partial charge in [-0.2, -0.15) is 15.3 Å². The van der Waals surface area contributed by atoms with Gasteiger partial charge in [-0.1, -0.05) is 23.4 Å². The van der Waals surface area contributed by atoms with Crippen LogP contribution in [0, 0.1) is 56.1 Å². The first-order valence-electron chi connectivity index (χ1n) is 32.8. The van der Waals surface area contributed by atoms with Gasteiger partial charge in [0.15, 0.2) is 5.65 Å². The largest absolute Gasteiger partial charge is 0.488 e. The number of carboxylic acids is 1. The zero-order chi connectivity index (χ0) is 74.4. The predicted octanol–water partition coefficient (Wildman–Crippen LogP) is 16.5. The number of halogens is 6. The number of carbonyl (C=O) groups is 1. The van der Waals surface area contributed by atoms with Crippen molar-refractivity contribution < 1.29 is 65.0 Å². The number of rotatable bonds is 18. The van der Waals surface area contributed by atoms with Crippen molar-refractivity contribution in [2.45, 2.75) is 91.1 Å². The van der Waals surface area contributed by atoms with Crippen LogP contribution in [0.25, 0.3) is 54.5 Å². The summed E-state index contributed by atoms with van der Waals surface area (Å²) in [5, 5.41) is 24.0. The number of anilines is 3. The molecule has 0 bridgehead atoms. The Hall–Kier alpha value is -10.7. The summed E-state index contributed by atoms with van der Waals surface area (Å²) in [7, 11) is 3.43. The molecule has 6 aromatic heterocycles. The molecule has 25 nitrogen and oxygen atoms in total. The molecule has 0 atom stereocenters. The zero-order valence-corrected chi connectivity index (χ0v) is 60.3. The van der Waals surface area contributed by atoms with Gasteiger partial charge < -0.3 is 55.5 Å². The van der Waals surface area contributed by atoms with E-state index >= 15 is 8.78 Å². The van der Waals surface area contributed by atoms with Gasteiger partial charge in [0.25, 0.3) is 11.4 Å². The first-order chi connectivity index (χ1) is 50.6. The predicted molar refractivity (Wildman–Crippen MR) is 395 cm³/mol. The number of hydrogen-bond donors (Lipinski definition) is 4. The van der Waals surface area contributed by atoms with Crippen molar-refractivity contribution in [2.24, 2.45) is 0 Å². The zero-order valence-electron chi connectivity index (χ0n) is 57.1. The minimum atomic E-state index is -0.787. The van der Waals surface area contributed by atoms with Crippen molar-refractivity contribution in [2.75, 3.05) is 77.5 Å². The van der Waals surface area contributed by atoms with Gasteiger partial charge in [0, 0.05) is 122 Å². The van der Waals surface area contributed by atoms with Crippen LogP contribution in [0.4, 0.5) is 50.8 Å². The summed E-state index contributed by atoms with van der Waals surface area (Å²) >= 11 is 6.21. The van der Waals surface area contributed by atoms with Crippen LogP contribution in [0.3, 0.4) is 0 Å². The van der Waals surface area contributed by atoms with Crippen LogP contribution < -0.4 is 36.1 Å². The second kappa shape index (κ2) is 35.9. The monoisotopic (exact) mass is 1560 g/mol. The molecule has 554 valence electrons. The Bertz CT molecular complexity index is 4980. The SMILES string of the molecule is C.CN(C)CC(=O)O.Cc1ncc(COc2cc(F)cc(Oc3ccc(-c4nn(C5CCOCC5)c5ncnc(N)c45)c(F)c3)c2)s1.[C-]#[N+]c1c(-c2ccc(Br)cc2F)nn(C2CCOCC2)c1N.[C-]#[N+]c1c(-c2ccc(Oc3cc(F)cc(OCc4cnc(C)s4)c3)cc2F)nn(C2CCOCC2)c1N. The van der Waals surface area contributed by atoms with E-state index in [1.54, 1.807) is 75.8 Å². The Kier molecular flexibility index (Phi) is 26.4. The quantitative estimate of drug-likeness (QED) is 0.0458. The highest BCUT2D eigenvalue weighted by atomic mass is 79.9. The van der Waals surface area contributed by atoms with E-state index in [4.69, 9.17) is 73.7 Å². The van der Waals surface area contributed by atoms with E-state index in [2.05, 4.69) is 55.8 Å². The van der Waals surface area contributed by atoms with E-state index < -0.39 is 35.1 Å². The third-order valence-corrected chi connectivity index (χ3v) is 18.8. The number of nitrogens with two attached hydrogens (primary N) is 3. The molecule has 0 radical (unpaired) electrons. The lowest BCUT2D eigenvalue weighted by molar-refractivity contribution is -0.137. The van der Waals surface area contributed by atoms with E-state index in [1.807, 2.05) is 13.8 Å². The number of aromatic nitrogens is 10. The third kappa shape index (κ3) is 19.4. The molecule has 9 heterocycles.